The number of H-pyrrole nitrogens is 1. The van der Waals surface area contributed by atoms with Gasteiger partial charge in [-0.2, -0.15) is 5.10 Å². The highest BCUT2D eigenvalue weighted by Gasteiger charge is 2.34. The van der Waals surface area contributed by atoms with Gasteiger partial charge in [0.1, 0.15) is 6.04 Å². The lowest BCUT2D eigenvalue weighted by atomic mass is 10.1. The Balaban J connectivity index is 1.92. The number of aromatic amines is 1. The lowest BCUT2D eigenvalue weighted by Crippen LogP contribution is -2.40. The number of nitrogens with one attached hydrogen (secondary N) is 1. The van der Waals surface area contributed by atoms with Crippen LogP contribution in [0.2, 0.25) is 0 Å². The number of nitrogens with zero attached hydrogens (tertiary/aromatic N) is 2. The summed E-state index contributed by atoms with van der Waals surface area (Å²) in [4.78, 5) is 24.9. The largest absolute Gasteiger partial charge is 0.480 e. The fourth-order valence-corrected chi connectivity index (χ4v) is 2.50. The first-order valence-corrected chi connectivity index (χ1v) is 6.14. The van der Waals surface area contributed by atoms with E-state index in [2.05, 4.69) is 10.2 Å². The van der Waals surface area contributed by atoms with Gasteiger partial charge in [-0.25, -0.2) is 4.79 Å². The summed E-state index contributed by atoms with van der Waals surface area (Å²) >= 11 is 0. The Hall–Kier alpha value is -2.37. The minimum atomic E-state index is -0.937. The number of hydrogen-bond acceptors (Lipinski definition) is 3. The van der Waals surface area contributed by atoms with Gasteiger partial charge in [-0.1, -0.05) is 6.07 Å². The molecule has 1 saturated heterocycles. The molecule has 2 heterocycles. The van der Waals surface area contributed by atoms with Crippen molar-refractivity contribution in [3.8, 4) is 0 Å². The van der Waals surface area contributed by atoms with Crippen LogP contribution in [0.4, 0.5) is 0 Å². The first-order chi connectivity index (χ1) is 9.16. The summed E-state index contributed by atoms with van der Waals surface area (Å²) in [6.07, 6.45) is 2.93. The fourth-order valence-electron chi connectivity index (χ4n) is 2.50. The Morgan fingerprint density at radius 3 is 3.05 bits per heavy atom. The molecule has 3 rings (SSSR count). The van der Waals surface area contributed by atoms with Crippen LogP contribution >= 0.6 is 0 Å². The van der Waals surface area contributed by atoms with E-state index in [1.54, 1.807) is 24.4 Å². The van der Waals surface area contributed by atoms with Crippen molar-refractivity contribution in [3.63, 3.8) is 0 Å². The summed E-state index contributed by atoms with van der Waals surface area (Å²) in [5.74, 6) is -1.17. The number of likely N-dealkylation sites (tertiary alicyclic amines) is 1. The molecular weight excluding hydrogens is 246 g/mol. The summed E-state index contributed by atoms with van der Waals surface area (Å²) in [7, 11) is 0. The number of aliphatic carboxylic acids is 1. The molecule has 0 spiro atoms. The highest BCUT2D eigenvalue weighted by Crippen LogP contribution is 2.21. The average molecular weight is 259 g/mol. The van der Waals surface area contributed by atoms with Crippen LogP contribution in [0.3, 0.4) is 0 Å². The second-order valence-corrected chi connectivity index (χ2v) is 4.67. The van der Waals surface area contributed by atoms with Crippen molar-refractivity contribution in [2.45, 2.75) is 18.9 Å². The molecule has 0 bridgehead atoms. The molecule has 1 aliphatic rings. The van der Waals surface area contributed by atoms with Gasteiger partial charge in [0, 0.05) is 17.5 Å². The summed E-state index contributed by atoms with van der Waals surface area (Å²) in [6.45, 7) is 0.497. The minimum Gasteiger partial charge on any atom is -0.480 e. The molecule has 0 radical (unpaired) electrons. The third-order valence-corrected chi connectivity index (χ3v) is 3.49. The number of rotatable bonds is 2. The van der Waals surface area contributed by atoms with Gasteiger partial charge in [0.2, 0.25) is 0 Å². The number of carbonyl (C=O) groups excluding carboxylic acids is 1. The van der Waals surface area contributed by atoms with Crippen molar-refractivity contribution < 1.29 is 14.7 Å². The van der Waals surface area contributed by atoms with E-state index in [0.717, 1.165) is 17.3 Å². The average Bonchev–Trinajstić information content (AvgIpc) is 3.05. The van der Waals surface area contributed by atoms with Gasteiger partial charge >= 0.3 is 5.97 Å². The van der Waals surface area contributed by atoms with Crippen molar-refractivity contribution in [3.05, 3.63) is 30.0 Å². The van der Waals surface area contributed by atoms with Crippen LogP contribution in [-0.4, -0.2) is 44.7 Å². The molecule has 1 amide bonds. The van der Waals surface area contributed by atoms with Crippen molar-refractivity contribution in [1.29, 1.82) is 0 Å². The lowest BCUT2D eigenvalue weighted by molar-refractivity contribution is -0.141. The molecule has 0 aliphatic carbocycles. The summed E-state index contributed by atoms with van der Waals surface area (Å²) in [5, 5.41) is 16.7. The maximum atomic E-state index is 12.4. The van der Waals surface area contributed by atoms with Crippen LogP contribution in [0, 0.1) is 0 Å². The van der Waals surface area contributed by atoms with Gasteiger partial charge in [0.05, 0.1) is 11.7 Å². The molecule has 0 unspecified atom stereocenters. The zero-order chi connectivity index (χ0) is 13.4. The summed E-state index contributed by atoms with van der Waals surface area (Å²) in [6, 6.07) is 4.52. The first kappa shape index (κ1) is 11.7. The highest BCUT2D eigenvalue weighted by molar-refractivity contribution is 5.99. The number of benzene rings is 1. The Bertz CT molecular complexity index is 649. The number of carbonyl (C=O) groups is 2. The summed E-state index contributed by atoms with van der Waals surface area (Å²) < 4.78 is 0. The Labute approximate surface area is 109 Å². The van der Waals surface area contributed by atoms with Crippen molar-refractivity contribution in [1.82, 2.24) is 15.1 Å². The van der Waals surface area contributed by atoms with Gasteiger partial charge in [0.25, 0.3) is 5.91 Å². The third-order valence-electron chi connectivity index (χ3n) is 3.49. The molecule has 2 aromatic rings. The van der Waals surface area contributed by atoms with Crippen LogP contribution in [0.1, 0.15) is 23.2 Å². The third kappa shape index (κ3) is 1.95. The zero-order valence-corrected chi connectivity index (χ0v) is 10.2. The van der Waals surface area contributed by atoms with Crippen LogP contribution in [0.15, 0.2) is 24.4 Å². The van der Waals surface area contributed by atoms with E-state index < -0.39 is 12.0 Å². The van der Waals surface area contributed by atoms with Crippen molar-refractivity contribution in [2.75, 3.05) is 6.54 Å². The maximum absolute atomic E-state index is 12.4. The Morgan fingerprint density at radius 1 is 1.42 bits per heavy atom. The van der Waals surface area contributed by atoms with Crippen molar-refractivity contribution >= 4 is 22.8 Å². The van der Waals surface area contributed by atoms with E-state index >= 15 is 0 Å². The van der Waals surface area contributed by atoms with E-state index in [-0.39, 0.29) is 5.91 Å². The molecule has 6 nitrogen and oxygen atoms in total. The Kier molecular flexibility index (Phi) is 2.70. The molecule has 2 N–H and O–H groups in total. The number of hydrogen-bond donors (Lipinski definition) is 2. The Morgan fingerprint density at radius 2 is 2.26 bits per heavy atom. The number of carboxylic acids is 1. The van der Waals surface area contributed by atoms with Crippen LogP contribution < -0.4 is 0 Å². The molecule has 1 atom stereocenters. The van der Waals surface area contributed by atoms with E-state index in [9.17, 15) is 9.59 Å². The molecular formula is C13H13N3O3. The number of amides is 1. The van der Waals surface area contributed by atoms with Crippen molar-refractivity contribution in [2.24, 2.45) is 0 Å². The molecule has 98 valence electrons. The zero-order valence-electron chi connectivity index (χ0n) is 10.2. The number of carboxylic acid groups (broad SMARTS) is 1. The topological polar surface area (TPSA) is 86.3 Å². The van der Waals surface area contributed by atoms with E-state index in [1.807, 2.05) is 0 Å². The van der Waals surface area contributed by atoms with Crippen LogP contribution in [-0.2, 0) is 4.79 Å². The van der Waals surface area contributed by atoms with E-state index in [1.165, 1.54) is 4.90 Å². The van der Waals surface area contributed by atoms with Crippen LogP contribution in [0.25, 0.3) is 10.9 Å². The lowest BCUT2D eigenvalue weighted by Gasteiger charge is -2.21. The molecule has 1 fully saturated rings. The quantitative estimate of drug-likeness (QED) is 0.849. The fraction of sp³-hybridized carbons (Fsp3) is 0.308. The number of aromatic nitrogens is 2. The van der Waals surface area contributed by atoms with Gasteiger partial charge in [-0.05, 0) is 25.0 Å². The van der Waals surface area contributed by atoms with Gasteiger partial charge in [-0.3, -0.25) is 9.89 Å². The summed E-state index contributed by atoms with van der Waals surface area (Å²) in [5.41, 5.74) is 1.27. The molecule has 1 aromatic carbocycles. The smallest absolute Gasteiger partial charge is 0.326 e. The van der Waals surface area contributed by atoms with E-state index in [4.69, 9.17) is 5.11 Å². The number of fused-ring (bicyclic) bond motifs is 1. The van der Waals surface area contributed by atoms with Gasteiger partial charge in [0.15, 0.2) is 0 Å². The molecule has 19 heavy (non-hydrogen) atoms. The highest BCUT2D eigenvalue weighted by atomic mass is 16.4. The van der Waals surface area contributed by atoms with Gasteiger partial charge in [-0.15, -0.1) is 0 Å². The molecule has 1 aliphatic heterocycles. The molecule has 6 heteroatoms. The van der Waals surface area contributed by atoms with E-state index in [0.29, 0.717) is 18.5 Å². The monoisotopic (exact) mass is 259 g/mol. The predicted octanol–water partition coefficient (Wildman–Crippen LogP) is 1.25. The molecule has 1 aromatic heterocycles. The second kappa shape index (κ2) is 4.38. The van der Waals surface area contributed by atoms with Crippen LogP contribution in [0.5, 0.6) is 0 Å². The first-order valence-electron chi connectivity index (χ1n) is 6.14. The maximum Gasteiger partial charge on any atom is 0.326 e. The molecule has 0 saturated carbocycles. The SMILES string of the molecule is O=C(O)[C@@H]1CCCN1C(=O)c1ccc2cn[nH]c2c1. The normalized spacial score (nSPS) is 18.9. The van der Waals surface area contributed by atoms with Gasteiger partial charge < -0.3 is 10.0 Å². The minimum absolute atomic E-state index is 0.235. The second-order valence-electron chi connectivity index (χ2n) is 4.67. The predicted molar refractivity (Wildman–Crippen MR) is 67.8 cm³/mol. The standard InChI is InChI=1S/C13H13N3O3/c17-12(16-5-1-2-11(16)13(18)19)8-3-4-9-7-14-15-10(9)6-8/h3-4,6-7,11H,1-2,5H2,(H,14,15)(H,18,19)/t11-/m0/s1.